The van der Waals surface area contributed by atoms with Gasteiger partial charge in [-0.15, -0.1) is 12.4 Å². The maximum Gasteiger partial charge on any atom is 0.138 e. The lowest BCUT2D eigenvalue weighted by Gasteiger charge is -2.15. The van der Waals surface area contributed by atoms with Gasteiger partial charge in [0.2, 0.25) is 0 Å². The largest absolute Gasteiger partial charge is 0.491 e. The first-order valence-electron chi connectivity index (χ1n) is 6.97. The number of aromatic nitrogens is 1. The molecule has 1 aliphatic carbocycles. The number of nitrogens with two attached hydrogens (primary N) is 1. The van der Waals surface area contributed by atoms with E-state index in [1.54, 1.807) is 24.4 Å². The molecule has 1 aromatic heterocycles. The third kappa shape index (κ3) is 4.04. The van der Waals surface area contributed by atoms with E-state index in [0.29, 0.717) is 45.2 Å². The number of hydrogen-bond donors (Lipinski definition) is 1. The number of halogens is 4. The lowest BCUT2D eigenvalue weighted by atomic mass is 10.1. The Hall–Kier alpha value is -0.710. The normalized spacial score (nSPS) is 15.0. The number of benzene rings is 1. The van der Waals surface area contributed by atoms with Crippen LogP contribution in [0.2, 0.25) is 15.2 Å². The molecule has 1 saturated carbocycles. The lowest BCUT2D eigenvalue weighted by Crippen LogP contribution is -2.22. The fourth-order valence-electron chi connectivity index (χ4n) is 2.26. The molecule has 0 radical (unpaired) electrons. The molecular weight excluding hydrogens is 378 g/mol. The zero-order chi connectivity index (χ0) is 15.7. The summed E-state index contributed by atoms with van der Waals surface area (Å²) in [5, 5.41) is 1.38. The molecule has 1 fully saturated rings. The van der Waals surface area contributed by atoms with Crippen LogP contribution in [0, 0.1) is 5.41 Å². The predicted molar refractivity (Wildman–Crippen MR) is 98.2 cm³/mol. The molecule has 124 valence electrons. The van der Waals surface area contributed by atoms with Crippen molar-refractivity contribution < 1.29 is 4.74 Å². The molecule has 1 aliphatic rings. The van der Waals surface area contributed by atoms with Gasteiger partial charge in [-0.1, -0.05) is 40.9 Å². The van der Waals surface area contributed by atoms with Gasteiger partial charge in [0.25, 0.3) is 0 Å². The first-order chi connectivity index (χ1) is 10.5. The maximum atomic E-state index is 6.24. The van der Waals surface area contributed by atoms with Crippen LogP contribution in [-0.4, -0.2) is 18.1 Å². The molecule has 0 spiro atoms. The molecule has 3 nitrogen and oxygen atoms in total. The maximum absolute atomic E-state index is 6.24. The van der Waals surface area contributed by atoms with Gasteiger partial charge in [-0.05, 0) is 31.0 Å². The van der Waals surface area contributed by atoms with Crippen molar-refractivity contribution in [2.75, 3.05) is 13.2 Å². The van der Waals surface area contributed by atoms with E-state index in [9.17, 15) is 0 Å². The van der Waals surface area contributed by atoms with E-state index in [0.717, 1.165) is 12.8 Å². The van der Waals surface area contributed by atoms with Crippen LogP contribution in [0.25, 0.3) is 11.1 Å². The summed E-state index contributed by atoms with van der Waals surface area (Å²) in [7, 11) is 0. The highest BCUT2D eigenvalue weighted by Gasteiger charge is 2.42. The van der Waals surface area contributed by atoms with E-state index in [2.05, 4.69) is 4.98 Å². The fourth-order valence-corrected chi connectivity index (χ4v) is 3.06. The van der Waals surface area contributed by atoms with Crippen molar-refractivity contribution in [2.24, 2.45) is 11.1 Å². The van der Waals surface area contributed by atoms with Gasteiger partial charge in [0.1, 0.15) is 10.9 Å². The van der Waals surface area contributed by atoms with Gasteiger partial charge in [0.05, 0.1) is 22.8 Å². The van der Waals surface area contributed by atoms with Crippen LogP contribution in [0.1, 0.15) is 12.8 Å². The fraction of sp³-hybridized carbons (Fsp3) is 0.312. The Labute approximate surface area is 156 Å². The van der Waals surface area contributed by atoms with Crippen molar-refractivity contribution in [3.63, 3.8) is 0 Å². The van der Waals surface area contributed by atoms with Gasteiger partial charge in [-0.2, -0.15) is 0 Å². The number of rotatable bonds is 5. The van der Waals surface area contributed by atoms with Crippen LogP contribution >= 0.6 is 47.2 Å². The van der Waals surface area contributed by atoms with Crippen molar-refractivity contribution in [2.45, 2.75) is 12.8 Å². The minimum Gasteiger partial charge on any atom is -0.491 e. The highest BCUT2D eigenvalue weighted by molar-refractivity contribution is 6.40. The predicted octanol–water partition coefficient (Wildman–Crippen LogP) is 5.25. The summed E-state index contributed by atoms with van der Waals surface area (Å²) in [5.74, 6) is 0.634. The summed E-state index contributed by atoms with van der Waals surface area (Å²) in [6.45, 7) is 1.22. The number of pyridine rings is 1. The second kappa shape index (κ2) is 7.45. The zero-order valence-electron chi connectivity index (χ0n) is 12.2. The molecule has 1 aromatic carbocycles. The molecule has 0 bridgehead atoms. The van der Waals surface area contributed by atoms with Crippen LogP contribution in [0.15, 0.2) is 30.5 Å². The van der Waals surface area contributed by atoms with Gasteiger partial charge >= 0.3 is 0 Å². The minimum atomic E-state index is 0. The Bertz CT molecular complexity index is 684. The minimum absolute atomic E-state index is 0. The third-order valence-electron chi connectivity index (χ3n) is 3.98. The number of hydrogen-bond acceptors (Lipinski definition) is 3. The summed E-state index contributed by atoms with van der Waals surface area (Å²) >= 11 is 18.7. The standard InChI is InChI=1S/C16H15Cl3N2O.ClH/c17-12-2-1-3-13(18)14(12)11-6-10(7-21-15(11)19)22-9-16(8-20)4-5-16;/h1-3,6-7H,4-5,8-9,20H2;1H. The van der Waals surface area contributed by atoms with E-state index in [4.69, 9.17) is 45.3 Å². The van der Waals surface area contributed by atoms with Crippen molar-refractivity contribution in [1.82, 2.24) is 4.98 Å². The van der Waals surface area contributed by atoms with Crippen molar-refractivity contribution in [3.8, 4) is 16.9 Å². The Balaban J connectivity index is 0.00000192. The quantitative estimate of drug-likeness (QED) is 0.705. The number of ether oxygens (including phenoxy) is 1. The SMILES string of the molecule is Cl.NCC1(COc2cnc(Cl)c(-c3c(Cl)cccc3Cl)c2)CC1. The van der Waals surface area contributed by atoms with Gasteiger partial charge in [-0.25, -0.2) is 4.98 Å². The Morgan fingerprint density at radius 1 is 1.17 bits per heavy atom. The van der Waals surface area contributed by atoms with Crippen LogP contribution < -0.4 is 10.5 Å². The molecular formula is C16H16Cl4N2O. The summed E-state index contributed by atoms with van der Waals surface area (Å²) in [6.07, 6.45) is 3.81. The second-order valence-corrected chi connectivity index (χ2v) is 6.77. The van der Waals surface area contributed by atoms with Crippen molar-refractivity contribution in [3.05, 3.63) is 45.7 Å². The van der Waals surface area contributed by atoms with Crippen molar-refractivity contribution >= 4 is 47.2 Å². The summed E-state index contributed by atoms with van der Waals surface area (Å²) in [4.78, 5) is 4.18. The molecule has 0 aliphatic heterocycles. The first kappa shape index (κ1) is 18.6. The van der Waals surface area contributed by atoms with E-state index in [1.165, 1.54) is 0 Å². The Kier molecular flexibility index (Phi) is 6.04. The molecule has 7 heteroatoms. The molecule has 0 atom stereocenters. The van der Waals surface area contributed by atoms with E-state index < -0.39 is 0 Å². The molecule has 0 unspecified atom stereocenters. The topological polar surface area (TPSA) is 48.1 Å². The first-order valence-corrected chi connectivity index (χ1v) is 8.11. The summed E-state index contributed by atoms with van der Waals surface area (Å²) in [5.41, 5.74) is 7.21. The van der Waals surface area contributed by atoms with E-state index in [1.807, 2.05) is 6.07 Å². The van der Waals surface area contributed by atoms with E-state index >= 15 is 0 Å². The third-order valence-corrected chi connectivity index (χ3v) is 4.91. The summed E-state index contributed by atoms with van der Waals surface area (Å²) in [6, 6.07) is 7.13. The van der Waals surface area contributed by atoms with Crippen LogP contribution in [0.5, 0.6) is 5.75 Å². The van der Waals surface area contributed by atoms with Gasteiger partial charge in [0, 0.05) is 23.1 Å². The average molecular weight is 394 g/mol. The molecule has 1 heterocycles. The van der Waals surface area contributed by atoms with Crippen molar-refractivity contribution in [1.29, 1.82) is 0 Å². The molecule has 23 heavy (non-hydrogen) atoms. The van der Waals surface area contributed by atoms with Crippen LogP contribution in [0.3, 0.4) is 0 Å². The molecule has 0 amide bonds. The average Bonchev–Trinajstić information content (AvgIpc) is 3.28. The Morgan fingerprint density at radius 3 is 2.39 bits per heavy atom. The van der Waals surface area contributed by atoms with Gasteiger partial charge in [-0.3, -0.25) is 0 Å². The van der Waals surface area contributed by atoms with Crippen LogP contribution in [-0.2, 0) is 0 Å². The zero-order valence-corrected chi connectivity index (χ0v) is 15.3. The second-order valence-electron chi connectivity index (χ2n) is 5.60. The van der Waals surface area contributed by atoms with Gasteiger partial charge in [0.15, 0.2) is 0 Å². The Morgan fingerprint density at radius 2 is 1.83 bits per heavy atom. The highest BCUT2D eigenvalue weighted by atomic mass is 35.5. The number of nitrogens with zero attached hydrogens (tertiary/aromatic N) is 1. The monoisotopic (exact) mass is 392 g/mol. The molecule has 2 aromatic rings. The smallest absolute Gasteiger partial charge is 0.138 e. The van der Waals surface area contributed by atoms with Crippen LogP contribution in [0.4, 0.5) is 0 Å². The molecule has 2 N–H and O–H groups in total. The molecule has 3 rings (SSSR count). The highest BCUT2D eigenvalue weighted by Crippen LogP contribution is 2.45. The lowest BCUT2D eigenvalue weighted by molar-refractivity contribution is 0.238. The van der Waals surface area contributed by atoms with E-state index in [-0.39, 0.29) is 17.8 Å². The summed E-state index contributed by atoms with van der Waals surface area (Å²) < 4.78 is 5.83. The molecule has 0 saturated heterocycles. The van der Waals surface area contributed by atoms with Gasteiger partial charge < -0.3 is 10.5 Å².